The third-order valence-corrected chi connectivity index (χ3v) is 4.20. The molecule has 0 atom stereocenters. The number of nitrogens with zero attached hydrogens (tertiary/aromatic N) is 1. The average Bonchev–Trinajstić information content (AvgIpc) is 2.54. The maximum absolute atomic E-state index is 11.8. The quantitative estimate of drug-likeness (QED) is 0.566. The topological polar surface area (TPSA) is 40.9 Å². The fourth-order valence-corrected chi connectivity index (χ4v) is 2.85. The minimum absolute atomic E-state index is 0.204. The van der Waals surface area contributed by atoms with Crippen molar-refractivity contribution in [1.29, 1.82) is 5.26 Å². The van der Waals surface area contributed by atoms with Gasteiger partial charge in [-0.1, -0.05) is 31.2 Å². The van der Waals surface area contributed by atoms with Crippen LogP contribution >= 0.6 is 11.8 Å². The van der Waals surface area contributed by atoms with Crippen molar-refractivity contribution in [3.8, 4) is 6.07 Å². The van der Waals surface area contributed by atoms with Crippen molar-refractivity contribution >= 4 is 17.5 Å². The van der Waals surface area contributed by atoms with Crippen molar-refractivity contribution in [1.82, 2.24) is 0 Å². The first-order valence-corrected chi connectivity index (χ1v) is 7.96. The Bertz CT molecular complexity index is 656. The number of Topliss-reactive ketones (excluding diaryl/α,β-unsaturated/α-hetero) is 1. The first-order chi connectivity index (χ1) is 10.2. The van der Waals surface area contributed by atoms with Gasteiger partial charge >= 0.3 is 0 Å². The average molecular weight is 295 g/mol. The van der Waals surface area contributed by atoms with Crippen LogP contribution in [0, 0.1) is 11.3 Å². The normalized spacial score (nSPS) is 10.1. The molecule has 2 aromatic rings. The van der Waals surface area contributed by atoms with Crippen molar-refractivity contribution in [2.75, 3.05) is 0 Å². The van der Waals surface area contributed by atoms with E-state index >= 15 is 0 Å². The number of hydrogen-bond donors (Lipinski definition) is 0. The smallest absolute Gasteiger partial charge is 0.162 e. The van der Waals surface area contributed by atoms with E-state index < -0.39 is 0 Å². The van der Waals surface area contributed by atoms with E-state index in [1.165, 1.54) is 0 Å². The summed E-state index contributed by atoms with van der Waals surface area (Å²) >= 11 is 1.71. The van der Waals surface area contributed by atoms with E-state index in [1.807, 2.05) is 55.5 Å². The maximum Gasteiger partial charge on any atom is 0.162 e. The predicted molar refractivity (Wildman–Crippen MR) is 86.4 cm³/mol. The zero-order valence-electron chi connectivity index (χ0n) is 12.0. The summed E-state index contributed by atoms with van der Waals surface area (Å²) in [5, 5.41) is 8.88. The molecule has 0 amide bonds. The fraction of sp³-hybridized carbons (Fsp3) is 0.222. The molecule has 0 unspecified atom stereocenters. The van der Waals surface area contributed by atoms with Gasteiger partial charge in [-0.15, -0.1) is 11.8 Å². The molecule has 3 heteroatoms. The summed E-state index contributed by atoms with van der Waals surface area (Å²) in [7, 11) is 0. The van der Waals surface area contributed by atoms with Crippen LogP contribution in [0.5, 0.6) is 0 Å². The fourth-order valence-electron chi connectivity index (χ4n) is 2.01. The van der Waals surface area contributed by atoms with Crippen LogP contribution < -0.4 is 0 Å². The molecule has 0 saturated carbocycles. The molecule has 2 rings (SSSR count). The molecule has 2 aromatic carbocycles. The number of thioether (sulfide) groups is 1. The highest BCUT2D eigenvalue weighted by Gasteiger charge is 2.04. The van der Waals surface area contributed by atoms with Gasteiger partial charge in [0.1, 0.15) is 0 Å². The molecule has 0 saturated heterocycles. The molecule has 106 valence electrons. The van der Waals surface area contributed by atoms with Crippen LogP contribution in [0.3, 0.4) is 0 Å². The van der Waals surface area contributed by atoms with Crippen LogP contribution in [-0.4, -0.2) is 5.78 Å². The molecule has 0 spiro atoms. The van der Waals surface area contributed by atoms with E-state index in [9.17, 15) is 4.79 Å². The summed E-state index contributed by atoms with van der Waals surface area (Å²) in [4.78, 5) is 12.9. The van der Waals surface area contributed by atoms with E-state index in [0.29, 0.717) is 12.0 Å². The van der Waals surface area contributed by atoms with E-state index in [4.69, 9.17) is 5.26 Å². The van der Waals surface area contributed by atoms with Crippen molar-refractivity contribution < 1.29 is 4.79 Å². The number of rotatable bonds is 6. The van der Waals surface area contributed by atoms with Crippen LogP contribution in [0.2, 0.25) is 0 Å². The zero-order valence-corrected chi connectivity index (χ0v) is 12.8. The standard InChI is InChI=1S/C18H17NOS/c1-2-4-18(20)16-7-9-17(10-8-16)21-13-15-6-3-5-14(11-15)12-19/h3,5-11H,2,4,13H2,1H3. The van der Waals surface area contributed by atoms with Gasteiger partial charge in [-0.2, -0.15) is 5.26 Å². The summed E-state index contributed by atoms with van der Waals surface area (Å²) in [5.41, 5.74) is 2.60. The molecular weight excluding hydrogens is 278 g/mol. The van der Waals surface area contributed by atoms with Crippen molar-refractivity contribution in [3.63, 3.8) is 0 Å². The van der Waals surface area contributed by atoms with Crippen LogP contribution in [0.1, 0.15) is 41.3 Å². The SMILES string of the molecule is CCCC(=O)c1ccc(SCc2cccc(C#N)c2)cc1. The van der Waals surface area contributed by atoms with E-state index in [2.05, 4.69) is 6.07 Å². The number of benzene rings is 2. The van der Waals surface area contributed by atoms with Crippen LogP contribution in [0.4, 0.5) is 0 Å². The molecule has 0 aliphatic carbocycles. The van der Waals surface area contributed by atoms with Gasteiger partial charge in [0.05, 0.1) is 11.6 Å². The van der Waals surface area contributed by atoms with Gasteiger partial charge in [0, 0.05) is 22.6 Å². The molecule has 0 aliphatic heterocycles. The van der Waals surface area contributed by atoms with Gasteiger partial charge in [-0.25, -0.2) is 0 Å². The van der Waals surface area contributed by atoms with E-state index in [0.717, 1.165) is 28.2 Å². The van der Waals surface area contributed by atoms with Gasteiger partial charge in [-0.3, -0.25) is 4.79 Å². The Labute approximate surface area is 129 Å². The predicted octanol–water partition coefficient (Wildman–Crippen LogP) is 4.83. The number of carbonyl (C=O) groups is 1. The first-order valence-electron chi connectivity index (χ1n) is 6.98. The molecule has 0 aromatic heterocycles. The third kappa shape index (κ3) is 4.47. The number of ketones is 1. The minimum Gasteiger partial charge on any atom is -0.294 e. The summed E-state index contributed by atoms with van der Waals surface area (Å²) < 4.78 is 0. The Balaban J connectivity index is 1.97. The molecule has 21 heavy (non-hydrogen) atoms. The largest absolute Gasteiger partial charge is 0.294 e. The monoisotopic (exact) mass is 295 g/mol. The van der Waals surface area contributed by atoms with Gasteiger partial charge in [-0.05, 0) is 36.2 Å². The number of carbonyl (C=O) groups excluding carboxylic acids is 1. The lowest BCUT2D eigenvalue weighted by Gasteiger charge is -2.04. The molecule has 0 fully saturated rings. The summed E-state index contributed by atoms with van der Waals surface area (Å²) in [6.45, 7) is 2.01. The second-order valence-electron chi connectivity index (χ2n) is 4.80. The molecule has 0 aliphatic rings. The minimum atomic E-state index is 0.204. The lowest BCUT2D eigenvalue weighted by atomic mass is 10.1. The van der Waals surface area contributed by atoms with Crippen molar-refractivity contribution in [2.24, 2.45) is 0 Å². The molecule has 0 radical (unpaired) electrons. The van der Waals surface area contributed by atoms with Gasteiger partial charge in [0.2, 0.25) is 0 Å². The van der Waals surface area contributed by atoms with Crippen molar-refractivity contribution in [2.45, 2.75) is 30.4 Å². The Kier molecular flexibility index (Phi) is 5.59. The maximum atomic E-state index is 11.8. The van der Waals surface area contributed by atoms with Crippen LogP contribution in [0.15, 0.2) is 53.4 Å². The van der Waals surface area contributed by atoms with Gasteiger partial charge in [0.15, 0.2) is 5.78 Å². The van der Waals surface area contributed by atoms with Crippen molar-refractivity contribution in [3.05, 3.63) is 65.2 Å². The second-order valence-corrected chi connectivity index (χ2v) is 5.85. The highest BCUT2D eigenvalue weighted by atomic mass is 32.2. The summed E-state index contributed by atoms with van der Waals surface area (Å²) in [6, 6.07) is 17.6. The Hall–Kier alpha value is -2.05. The third-order valence-electron chi connectivity index (χ3n) is 3.11. The summed E-state index contributed by atoms with van der Waals surface area (Å²) in [5.74, 6) is 1.02. The van der Waals surface area contributed by atoms with E-state index in [1.54, 1.807) is 11.8 Å². The second kappa shape index (κ2) is 7.66. The van der Waals surface area contributed by atoms with Gasteiger partial charge in [0.25, 0.3) is 0 Å². The highest BCUT2D eigenvalue weighted by molar-refractivity contribution is 7.98. The van der Waals surface area contributed by atoms with Gasteiger partial charge < -0.3 is 0 Å². The van der Waals surface area contributed by atoms with Crippen LogP contribution in [0.25, 0.3) is 0 Å². The lowest BCUT2D eigenvalue weighted by Crippen LogP contribution is -1.97. The molecule has 0 N–H and O–H groups in total. The van der Waals surface area contributed by atoms with Crippen LogP contribution in [-0.2, 0) is 5.75 Å². The zero-order chi connectivity index (χ0) is 15.1. The lowest BCUT2D eigenvalue weighted by molar-refractivity contribution is 0.0981. The molecular formula is C18H17NOS. The van der Waals surface area contributed by atoms with E-state index in [-0.39, 0.29) is 5.78 Å². The Morgan fingerprint density at radius 1 is 1.19 bits per heavy atom. The molecule has 0 bridgehead atoms. The Morgan fingerprint density at radius 3 is 2.62 bits per heavy atom. The number of nitriles is 1. The summed E-state index contributed by atoms with van der Waals surface area (Å²) in [6.07, 6.45) is 1.48. The molecule has 2 nitrogen and oxygen atoms in total. The Morgan fingerprint density at radius 2 is 1.95 bits per heavy atom. The number of hydrogen-bond acceptors (Lipinski definition) is 3. The first kappa shape index (κ1) is 15.3. The molecule has 0 heterocycles. The highest BCUT2D eigenvalue weighted by Crippen LogP contribution is 2.23.